The number of ether oxygens (including phenoxy) is 2. The zero-order valence-electron chi connectivity index (χ0n) is 15.1. The molecule has 2 aliphatic rings. The van der Waals surface area contributed by atoms with Crippen LogP contribution < -0.4 is 10.1 Å². The molecule has 0 bridgehead atoms. The van der Waals surface area contributed by atoms with E-state index in [2.05, 4.69) is 5.32 Å². The van der Waals surface area contributed by atoms with Gasteiger partial charge in [0.05, 0.1) is 18.1 Å². The Kier molecular flexibility index (Phi) is 4.24. The van der Waals surface area contributed by atoms with E-state index in [1.165, 1.54) is 19.3 Å². The lowest BCUT2D eigenvalue weighted by Crippen LogP contribution is -2.67. The zero-order chi connectivity index (χ0) is 17.6. The van der Waals surface area contributed by atoms with Crippen LogP contribution in [0, 0.1) is 12.3 Å². The van der Waals surface area contributed by atoms with E-state index in [-0.39, 0.29) is 17.4 Å². The third kappa shape index (κ3) is 2.56. The molecule has 4 rings (SSSR count). The summed E-state index contributed by atoms with van der Waals surface area (Å²) in [6.45, 7) is 4.83. The summed E-state index contributed by atoms with van der Waals surface area (Å²) in [6.07, 6.45) is 4.86. The van der Waals surface area contributed by atoms with Crippen LogP contribution in [0.2, 0.25) is 0 Å². The fraction of sp³-hybridized carbons (Fsp3) is 0.550. The first-order valence-electron chi connectivity index (χ1n) is 9.08. The Morgan fingerprint density at radius 1 is 1.40 bits per heavy atom. The van der Waals surface area contributed by atoms with Crippen LogP contribution >= 0.6 is 11.3 Å². The summed E-state index contributed by atoms with van der Waals surface area (Å²) in [7, 11) is 1.67. The van der Waals surface area contributed by atoms with Crippen LogP contribution in [-0.2, 0) is 4.74 Å². The van der Waals surface area contributed by atoms with Gasteiger partial charge in [0.25, 0.3) is 5.91 Å². The average Bonchev–Trinajstić information content (AvgIpc) is 2.88. The maximum Gasteiger partial charge on any atom is 0.261 e. The quantitative estimate of drug-likeness (QED) is 0.866. The van der Waals surface area contributed by atoms with E-state index in [1.54, 1.807) is 18.4 Å². The molecular weight excluding hydrogens is 334 g/mol. The lowest BCUT2D eigenvalue weighted by Gasteiger charge is -2.60. The predicted molar refractivity (Wildman–Crippen MR) is 101 cm³/mol. The molecular formula is C20H25NO3S. The first-order valence-corrected chi connectivity index (χ1v) is 9.90. The summed E-state index contributed by atoms with van der Waals surface area (Å²) in [5, 5.41) is 4.41. The smallest absolute Gasteiger partial charge is 0.261 e. The van der Waals surface area contributed by atoms with Crippen molar-refractivity contribution in [1.82, 2.24) is 5.32 Å². The number of aryl methyl sites for hydroxylation is 1. The van der Waals surface area contributed by atoms with Gasteiger partial charge in [-0.3, -0.25) is 4.79 Å². The molecule has 0 saturated heterocycles. The Hall–Kier alpha value is -1.59. The predicted octanol–water partition coefficient (Wildman–Crippen LogP) is 4.30. The van der Waals surface area contributed by atoms with Crippen molar-refractivity contribution in [3.8, 4) is 5.75 Å². The van der Waals surface area contributed by atoms with E-state index in [1.807, 2.05) is 32.0 Å². The molecule has 1 amide bonds. The van der Waals surface area contributed by atoms with E-state index >= 15 is 0 Å². The number of amides is 1. The van der Waals surface area contributed by atoms with Crippen molar-refractivity contribution in [2.24, 2.45) is 5.41 Å². The van der Waals surface area contributed by atoms with Crippen molar-refractivity contribution in [1.29, 1.82) is 0 Å². The van der Waals surface area contributed by atoms with Gasteiger partial charge < -0.3 is 14.8 Å². The molecule has 1 spiro atoms. The third-order valence-corrected chi connectivity index (χ3v) is 7.36. The van der Waals surface area contributed by atoms with Crippen LogP contribution in [-0.4, -0.2) is 31.8 Å². The monoisotopic (exact) mass is 359 g/mol. The van der Waals surface area contributed by atoms with Crippen LogP contribution in [0.25, 0.3) is 10.1 Å². The molecule has 2 fully saturated rings. The summed E-state index contributed by atoms with van der Waals surface area (Å²) >= 11 is 1.57. The summed E-state index contributed by atoms with van der Waals surface area (Å²) in [5.41, 5.74) is 1.24. The highest BCUT2D eigenvalue weighted by Gasteiger charge is 2.59. The van der Waals surface area contributed by atoms with Gasteiger partial charge in [-0.2, -0.15) is 0 Å². The third-order valence-electron chi connectivity index (χ3n) is 6.09. The van der Waals surface area contributed by atoms with Crippen LogP contribution in [0.4, 0.5) is 0 Å². The molecule has 5 heteroatoms. The first-order chi connectivity index (χ1) is 12.1. The van der Waals surface area contributed by atoms with Crippen molar-refractivity contribution >= 4 is 27.3 Å². The first kappa shape index (κ1) is 16.9. The van der Waals surface area contributed by atoms with Gasteiger partial charge in [0.1, 0.15) is 5.75 Å². The Bertz CT molecular complexity index is 809. The van der Waals surface area contributed by atoms with Gasteiger partial charge in [0, 0.05) is 22.8 Å². The molecule has 134 valence electrons. The topological polar surface area (TPSA) is 47.6 Å². The number of thiophene rings is 1. The molecule has 0 radical (unpaired) electrons. The number of carbonyl (C=O) groups excluding carboxylic acids is 1. The van der Waals surface area contributed by atoms with Gasteiger partial charge in [-0.15, -0.1) is 11.3 Å². The maximum absolute atomic E-state index is 12.9. The SMILES string of the molecule is CCO[C@H]1C[C@@H](NC(=O)c2sc3ccc(OC)cc3c2C)C12CCC2. The Morgan fingerprint density at radius 2 is 2.20 bits per heavy atom. The lowest BCUT2D eigenvalue weighted by molar-refractivity contribution is -0.169. The standard InChI is InChI=1S/C20H25NO3S/c1-4-24-17-11-16(20(17)8-5-9-20)21-19(22)18-12(2)14-10-13(23-3)6-7-15(14)25-18/h6-7,10,16-17H,4-5,8-9,11H2,1-3H3,(H,21,22)/t16-,17+/m1/s1. The molecule has 1 N–H and O–H groups in total. The molecule has 1 aromatic carbocycles. The number of methoxy groups -OCH3 is 1. The molecule has 2 aromatic rings. The van der Waals surface area contributed by atoms with Crippen LogP contribution in [0.5, 0.6) is 5.75 Å². The maximum atomic E-state index is 12.9. The molecule has 2 saturated carbocycles. The number of rotatable bonds is 5. The van der Waals surface area contributed by atoms with E-state index < -0.39 is 0 Å². The summed E-state index contributed by atoms with van der Waals surface area (Å²) in [5.74, 6) is 0.885. The van der Waals surface area contributed by atoms with Gasteiger partial charge in [-0.25, -0.2) is 0 Å². The second-order valence-corrected chi connectivity index (χ2v) is 8.26. The van der Waals surface area contributed by atoms with Gasteiger partial charge in [-0.1, -0.05) is 6.42 Å². The van der Waals surface area contributed by atoms with Crippen molar-refractivity contribution in [3.63, 3.8) is 0 Å². The van der Waals surface area contributed by atoms with E-state index in [0.29, 0.717) is 6.10 Å². The number of nitrogens with one attached hydrogen (secondary N) is 1. The van der Waals surface area contributed by atoms with E-state index in [9.17, 15) is 4.79 Å². The fourth-order valence-electron chi connectivity index (χ4n) is 4.41. The number of fused-ring (bicyclic) bond motifs is 1. The van der Waals surface area contributed by atoms with Crippen LogP contribution in [0.15, 0.2) is 18.2 Å². The van der Waals surface area contributed by atoms with Gasteiger partial charge >= 0.3 is 0 Å². The van der Waals surface area contributed by atoms with E-state index in [0.717, 1.165) is 39.3 Å². The van der Waals surface area contributed by atoms with Crippen molar-refractivity contribution in [3.05, 3.63) is 28.6 Å². The van der Waals surface area contributed by atoms with Gasteiger partial charge in [0.15, 0.2) is 0 Å². The normalized spacial score (nSPS) is 24.0. The summed E-state index contributed by atoms with van der Waals surface area (Å²) in [4.78, 5) is 13.7. The number of hydrogen-bond acceptors (Lipinski definition) is 4. The number of hydrogen-bond donors (Lipinski definition) is 1. The van der Waals surface area contributed by atoms with E-state index in [4.69, 9.17) is 9.47 Å². The number of carbonyl (C=O) groups is 1. The zero-order valence-corrected chi connectivity index (χ0v) is 15.9. The highest BCUT2D eigenvalue weighted by atomic mass is 32.1. The molecule has 1 aromatic heterocycles. The van der Waals surface area contributed by atoms with Gasteiger partial charge in [0.2, 0.25) is 0 Å². The van der Waals surface area contributed by atoms with Crippen molar-refractivity contribution in [2.45, 2.75) is 51.7 Å². The minimum absolute atomic E-state index is 0.0592. The van der Waals surface area contributed by atoms with Gasteiger partial charge in [-0.05, 0) is 62.3 Å². The van der Waals surface area contributed by atoms with Crippen LogP contribution in [0.3, 0.4) is 0 Å². The summed E-state index contributed by atoms with van der Waals surface area (Å²) in [6, 6.07) is 6.25. The number of benzene rings is 1. The highest BCUT2D eigenvalue weighted by molar-refractivity contribution is 7.21. The second kappa shape index (κ2) is 6.29. The minimum Gasteiger partial charge on any atom is -0.497 e. The van der Waals surface area contributed by atoms with Crippen molar-refractivity contribution < 1.29 is 14.3 Å². The molecule has 4 nitrogen and oxygen atoms in total. The minimum atomic E-state index is 0.0592. The van der Waals surface area contributed by atoms with Crippen molar-refractivity contribution in [2.75, 3.05) is 13.7 Å². The molecule has 1 heterocycles. The lowest BCUT2D eigenvalue weighted by atomic mass is 9.51. The Balaban J connectivity index is 1.54. The largest absolute Gasteiger partial charge is 0.497 e. The fourth-order valence-corrected chi connectivity index (χ4v) is 5.50. The summed E-state index contributed by atoms with van der Waals surface area (Å²) < 4.78 is 12.3. The van der Waals surface area contributed by atoms with Crippen LogP contribution in [0.1, 0.15) is 47.8 Å². The second-order valence-electron chi connectivity index (χ2n) is 7.21. The Morgan fingerprint density at radius 3 is 2.84 bits per heavy atom. The highest BCUT2D eigenvalue weighted by Crippen LogP contribution is 2.57. The Labute approximate surface area is 152 Å². The molecule has 0 aliphatic heterocycles. The molecule has 2 aliphatic carbocycles. The molecule has 2 atom stereocenters. The average molecular weight is 359 g/mol. The molecule has 25 heavy (non-hydrogen) atoms. The molecule has 0 unspecified atom stereocenters.